The Bertz CT molecular complexity index is 716. The Labute approximate surface area is 126 Å². The number of hydrogen-bond acceptors (Lipinski definition) is 4. The number of anilines is 1. The molecule has 118 valence electrons. The van der Waals surface area contributed by atoms with Crippen molar-refractivity contribution in [1.82, 2.24) is 0 Å². The first-order valence-electron chi connectivity index (χ1n) is 6.12. The summed E-state index contributed by atoms with van der Waals surface area (Å²) in [6.45, 7) is -2.93. The van der Waals surface area contributed by atoms with Gasteiger partial charge in [0.2, 0.25) is 0 Å². The fourth-order valence-corrected chi connectivity index (χ4v) is 2.73. The topological polar surface area (TPSA) is 64.6 Å². The van der Waals surface area contributed by atoms with Crippen LogP contribution in [0.2, 0.25) is 0 Å². The van der Waals surface area contributed by atoms with Gasteiger partial charge in [0.25, 0.3) is 10.0 Å². The smallest absolute Gasteiger partial charge is 0.387 e. The van der Waals surface area contributed by atoms with Crippen molar-refractivity contribution in [2.45, 2.75) is 11.5 Å². The van der Waals surface area contributed by atoms with Gasteiger partial charge in [-0.3, -0.25) is 4.72 Å². The SMILES string of the molecule is COc1ccc(S(=O)(=O)Nc2ccc(OC(F)F)cc2)cc1. The molecule has 0 aliphatic carbocycles. The molecule has 0 heterocycles. The zero-order chi connectivity index (χ0) is 16.2. The van der Waals surface area contributed by atoms with Gasteiger partial charge in [0.05, 0.1) is 12.0 Å². The van der Waals surface area contributed by atoms with Crippen LogP contribution in [0, 0.1) is 0 Å². The third-order valence-corrected chi connectivity index (χ3v) is 4.10. The predicted molar refractivity (Wildman–Crippen MR) is 76.9 cm³/mol. The molecule has 0 bridgehead atoms. The zero-order valence-electron chi connectivity index (χ0n) is 11.5. The summed E-state index contributed by atoms with van der Waals surface area (Å²) in [4.78, 5) is 0.0567. The highest BCUT2D eigenvalue weighted by Crippen LogP contribution is 2.21. The third-order valence-electron chi connectivity index (χ3n) is 2.70. The number of benzene rings is 2. The van der Waals surface area contributed by atoms with E-state index in [-0.39, 0.29) is 16.3 Å². The van der Waals surface area contributed by atoms with Crippen molar-refractivity contribution in [3.8, 4) is 11.5 Å². The molecule has 0 unspecified atom stereocenters. The number of rotatable bonds is 6. The molecule has 0 saturated heterocycles. The van der Waals surface area contributed by atoms with E-state index in [4.69, 9.17) is 4.74 Å². The van der Waals surface area contributed by atoms with E-state index >= 15 is 0 Å². The molecule has 2 aromatic rings. The Morgan fingerprint density at radius 2 is 1.50 bits per heavy atom. The van der Waals surface area contributed by atoms with Crippen LogP contribution in [-0.4, -0.2) is 22.1 Å². The zero-order valence-corrected chi connectivity index (χ0v) is 12.3. The Hall–Kier alpha value is -2.35. The highest BCUT2D eigenvalue weighted by atomic mass is 32.2. The molecule has 8 heteroatoms. The lowest BCUT2D eigenvalue weighted by Gasteiger charge is -2.10. The number of alkyl halides is 2. The molecule has 22 heavy (non-hydrogen) atoms. The van der Waals surface area contributed by atoms with Crippen LogP contribution >= 0.6 is 0 Å². The second-order valence-electron chi connectivity index (χ2n) is 4.18. The second kappa shape index (κ2) is 6.61. The number of halogens is 2. The molecular formula is C14H13F2NO4S. The molecule has 0 radical (unpaired) electrons. The van der Waals surface area contributed by atoms with Gasteiger partial charge in [0.15, 0.2) is 0 Å². The molecule has 1 N–H and O–H groups in total. The summed E-state index contributed by atoms with van der Waals surface area (Å²) in [5, 5.41) is 0. The minimum Gasteiger partial charge on any atom is -0.497 e. The Balaban J connectivity index is 2.13. The van der Waals surface area contributed by atoms with Gasteiger partial charge < -0.3 is 9.47 Å². The van der Waals surface area contributed by atoms with Crippen molar-refractivity contribution in [1.29, 1.82) is 0 Å². The van der Waals surface area contributed by atoms with Crippen LogP contribution < -0.4 is 14.2 Å². The average Bonchev–Trinajstić information content (AvgIpc) is 2.48. The lowest BCUT2D eigenvalue weighted by molar-refractivity contribution is -0.0498. The van der Waals surface area contributed by atoms with Gasteiger partial charge in [0, 0.05) is 5.69 Å². The normalized spacial score (nSPS) is 11.3. The fourth-order valence-electron chi connectivity index (χ4n) is 1.67. The summed E-state index contributed by atoms with van der Waals surface area (Å²) >= 11 is 0. The van der Waals surface area contributed by atoms with E-state index < -0.39 is 16.6 Å². The molecule has 0 aliphatic rings. The largest absolute Gasteiger partial charge is 0.497 e. The highest BCUT2D eigenvalue weighted by Gasteiger charge is 2.14. The van der Waals surface area contributed by atoms with E-state index in [1.807, 2.05) is 0 Å². The van der Waals surface area contributed by atoms with E-state index in [2.05, 4.69) is 9.46 Å². The Kier molecular flexibility index (Phi) is 4.81. The maximum atomic E-state index is 12.2. The molecule has 0 atom stereocenters. The second-order valence-corrected chi connectivity index (χ2v) is 5.87. The van der Waals surface area contributed by atoms with E-state index in [9.17, 15) is 17.2 Å². The van der Waals surface area contributed by atoms with Crippen LogP contribution in [0.1, 0.15) is 0 Å². The molecule has 0 amide bonds. The number of nitrogens with one attached hydrogen (secondary N) is 1. The molecule has 0 aliphatic heterocycles. The van der Waals surface area contributed by atoms with Crippen LogP contribution in [-0.2, 0) is 10.0 Å². The van der Waals surface area contributed by atoms with Crippen LogP contribution in [0.5, 0.6) is 11.5 Å². The van der Waals surface area contributed by atoms with Crippen molar-refractivity contribution in [3.63, 3.8) is 0 Å². The van der Waals surface area contributed by atoms with Gasteiger partial charge in [-0.15, -0.1) is 0 Å². The van der Waals surface area contributed by atoms with Gasteiger partial charge in [-0.05, 0) is 48.5 Å². The van der Waals surface area contributed by atoms with E-state index in [0.29, 0.717) is 5.75 Å². The molecule has 5 nitrogen and oxygen atoms in total. The summed E-state index contributed by atoms with van der Waals surface area (Å²) in [6.07, 6.45) is 0. The van der Waals surface area contributed by atoms with E-state index in [1.54, 1.807) is 0 Å². The minimum atomic E-state index is -3.77. The number of methoxy groups -OCH3 is 1. The standard InChI is InChI=1S/C14H13F2NO4S/c1-20-11-6-8-13(9-7-11)22(18,19)17-10-2-4-12(5-3-10)21-14(15)16/h2-9,14,17H,1H3. The lowest BCUT2D eigenvalue weighted by atomic mass is 10.3. The number of sulfonamides is 1. The molecule has 0 aromatic heterocycles. The Morgan fingerprint density at radius 3 is 2.00 bits per heavy atom. The summed E-state index contributed by atoms with van der Waals surface area (Å²) in [5.41, 5.74) is 0.234. The molecule has 0 saturated carbocycles. The average molecular weight is 329 g/mol. The highest BCUT2D eigenvalue weighted by molar-refractivity contribution is 7.92. The first-order valence-corrected chi connectivity index (χ1v) is 7.61. The quantitative estimate of drug-likeness (QED) is 0.884. The monoisotopic (exact) mass is 329 g/mol. The summed E-state index contributed by atoms with van der Waals surface area (Å²) in [5.74, 6) is 0.481. The lowest BCUT2D eigenvalue weighted by Crippen LogP contribution is -2.12. The van der Waals surface area contributed by atoms with E-state index in [0.717, 1.165) is 0 Å². The van der Waals surface area contributed by atoms with Crippen molar-refractivity contribution >= 4 is 15.7 Å². The van der Waals surface area contributed by atoms with Crippen LogP contribution in [0.3, 0.4) is 0 Å². The van der Waals surface area contributed by atoms with Crippen molar-refractivity contribution in [3.05, 3.63) is 48.5 Å². The van der Waals surface area contributed by atoms with Crippen LogP contribution in [0.15, 0.2) is 53.4 Å². The Morgan fingerprint density at radius 1 is 0.955 bits per heavy atom. The van der Waals surface area contributed by atoms with E-state index in [1.165, 1.54) is 55.6 Å². The van der Waals surface area contributed by atoms with Gasteiger partial charge in [-0.25, -0.2) is 8.42 Å². The maximum absolute atomic E-state index is 12.2. The van der Waals surface area contributed by atoms with Gasteiger partial charge in [-0.2, -0.15) is 8.78 Å². The van der Waals surface area contributed by atoms with Gasteiger partial charge in [0.1, 0.15) is 11.5 Å². The third kappa shape index (κ3) is 4.08. The summed E-state index contributed by atoms with van der Waals surface area (Å²) in [7, 11) is -2.29. The molecule has 0 fully saturated rings. The fraction of sp³-hybridized carbons (Fsp3) is 0.143. The maximum Gasteiger partial charge on any atom is 0.387 e. The minimum absolute atomic E-state index is 0.0533. The molecule has 0 spiro atoms. The van der Waals surface area contributed by atoms with Crippen LogP contribution in [0.25, 0.3) is 0 Å². The summed E-state index contributed by atoms with van der Waals surface area (Å²) < 4.78 is 59.9. The molecular weight excluding hydrogens is 316 g/mol. The molecule has 2 rings (SSSR count). The van der Waals surface area contributed by atoms with Gasteiger partial charge >= 0.3 is 6.61 Å². The number of hydrogen-bond donors (Lipinski definition) is 1. The summed E-state index contributed by atoms with van der Waals surface area (Å²) in [6, 6.07) is 11.0. The molecule has 2 aromatic carbocycles. The van der Waals surface area contributed by atoms with Crippen LogP contribution in [0.4, 0.5) is 14.5 Å². The first-order chi connectivity index (χ1) is 10.4. The predicted octanol–water partition coefficient (Wildman–Crippen LogP) is 3.10. The van der Waals surface area contributed by atoms with Crippen molar-refractivity contribution < 1.29 is 26.7 Å². The van der Waals surface area contributed by atoms with Gasteiger partial charge in [-0.1, -0.05) is 0 Å². The van der Waals surface area contributed by atoms with Crippen molar-refractivity contribution in [2.75, 3.05) is 11.8 Å². The first kappa shape index (κ1) is 16.0. The van der Waals surface area contributed by atoms with Crippen molar-refractivity contribution in [2.24, 2.45) is 0 Å². The number of ether oxygens (including phenoxy) is 2.